The highest BCUT2D eigenvalue weighted by Crippen LogP contribution is 2.35. The summed E-state index contributed by atoms with van der Waals surface area (Å²) < 4.78 is 60.2. The Balaban J connectivity index is 3.19. The smallest absolute Gasteiger partial charge is 0.207 e. The van der Waals surface area contributed by atoms with Crippen LogP contribution in [0.4, 0.5) is 17.6 Å². The minimum atomic E-state index is -4.62. The van der Waals surface area contributed by atoms with E-state index in [1.807, 2.05) is 0 Å². The Hall–Kier alpha value is -1.04. The van der Waals surface area contributed by atoms with Gasteiger partial charge >= 0.3 is 23.1 Å². The van der Waals surface area contributed by atoms with Crippen molar-refractivity contribution in [1.29, 1.82) is 0 Å². The van der Waals surface area contributed by atoms with E-state index < -0.39 is 28.9 Å². The summed E-state index contributed by atoms with van der Waals surface area (Å²) in [5.41, 5.74) is -0.0652. The molecule has 0 heterocycles. The first kappa shape index (κ1) is 12.0. The summed E-state index contributed by atoms with van der Waals surface area (Å²) in [5.74, 6) is -0.618. The Morgan fingerprint density at radius 2 is 1.93 bits per heavy atom. The lowest BCUT2D eigenvalue weighted by molar-refractivity contribution is -0.130. The first-order chi connectivity index (χ1) is 6.86. The van der Waals surface area contributed by atoms with Gasteiger partial charge in [-0.2, -0.15) is 13.2 Å². The molecule has 0 N–H and O–H groups in total. The SMILES string of the molecule is Cc1cc(F)ccc1C([S+]=O)C(F)(F)F. The summed E-state index contributed by atoms with van der Waals surface area (Å²) in [6, 6.07) is 2.88. The van der Waals surface area contributed by atoms with Gasteiger partial charge in [0.05, 0.1) is 0 Å². The maximum Gasteiger partial charge on any atom is 0.477 e. The molecule has 6 heteroatoms. The summed E-state index contributed by atoms with van der Waals surface area (Å²) in [5, 5.41) is -2.14. The third kappa shape index (κ3) is 2.71. The van der Waals surface area contributed by atoms with E-state index in [1.165, 1.54) is 6.92 Å². The zero-order chi connectivity index (χ0) is 11.6. The molecule has 0 aliphatic heterocycles. The van der Waals surface area contributed by atoms with Crippen LogP contribution in [0.1, 0.15) is 16.4 Å². The molecule has 0 fully saturated rings. The van der Waals surface area contributed by atoms with Crippen molar-refractivity contribution in [2.24, 2.45) is 0 Å². The van der Waals surface area contributed by atoms with Crippen molar-refractivity contribution in [3.05, 3.63) is 35.1 Å². The monoisotopic (exact) mass is 239 g/mol. The van der Waals surface area contributed by atoms with Gasteiger partial charge in [0.25, 0.3) is 0 Å². The largest absolute Gasteiger partial charge is 0.477 e. The molecule has 0 aliphatic rings. The maximum absolute atomic E-state index is 12.6. The second-order valence-corrected chi connectivity index (χ2v) is 3.68. The average Bonchev–Trinajstić information content (AvgIpc) is 2.07. The van der Waals surface area contributed by atoms with Gasteiger partial charge in [-0.1, -0.05) is 0 Å². The number of halogens is 4. The fourth-order valence-corrected chi connectivity index (χ4v) is 1.69. The zero-order valence-electron chi connectivity index (χ0n) is 7.64. The van der Waals surface area contributed by atoms with Gasteiger partial charge in [-0.15, -0.1) is 0 Å². The fraction of sp³-hybridized carbons (Fsp3) is 0.333. The Morgan fingerprint density at radius 3 is 2.33 bits per heavy atom. The predicted octanol–water partition coefficient (Wildman–Crippen LogP) is 3.17. The fourth-order valence-electron chi connectivity index (χ4n) is 1.22. The molecule has 0 radical (unpaired) electrons. The molecule has 1 unspecified atom stereocenters. The molecule has 82 valence electrons. The van der Waals surface area contributed by atoms with Crippen LogP contribution in [0.3, 0.4) is 0 Å². The van der Waals surface area contributed by atoms with Gasteiger partial charge in [-0.05, 0) is 30.7 Å². The first-order valence-corrected chi connectivity index (χ1v) is 4.78. The van der Waals surface area contributed by atoms with Crippen LogP contribution >= 0.6 is 0 Å². The van der Waals surface area contributed by atoms with Crippen LogP contribution in [-0.2, 0) is 15.9 Å². The third-order valence-electron chi connectivity index (χ3n) is 1.91. The number of rotatable bonds is 2. The molecule has 0 amide bonds. The third-order valence-corrected chi connectivity index (χ3v) is 2.62. The molecule has 1 atom stereocenters. The normalized spacial score (nSPS) is 13.7. The molecule has 0 spiro atoms. The van der Waals surface area contributed by atoms with Crippen LogP contribution < -0.4 is 0 Å². The van der Waals surface area contributed by atoms with Crippen LogP contribution in [0.15, 0.2) is 18.2 Å². The van der Waals surface area contributed by atoms with Gasteiger partial charge < -0.3 is 0 Å². The topological polar surface area (TPSA) is 17.1 Å². The molecule has 1 nitrogen and oxygen atoms in total. The van der Waals surface area contributed by atoms with Crippen LogP contribution in [-0.4, -0.2) is 6.18 Å². The zero-order valence-corrected chi connectivity index (χ0v) is 8.45. The highest BCUT2D eigenvalue weighted by Gasteiger charge is 2.52. The summed E-state index contributed by atoms with van der Waals surface area (Å²) in [6.07, 6.45) is -4.62. The minimum absolute atomic E-state index is 0.126. The van der Waals surface area contributed by atoms with E-state index in [4.69, 9.17) is 0 Å². The van der Waals surface area contributed by atoms with Gasteiger partial charge in [0.1, 0.15) is 5.82 Å². The van der Waals surface area contributed by atoms with Crippen LogP contribution in [0.5, 0.6) is 0 Å². The molecule has 0 aromatic heterocycles. The number of hydrogen-bond acceptors (Lipinski definition) is 1. The van der Waals surface area contributed by atoms with Crippen LogP contribution in [0.25, 0.3) is 0 Å². The van der Waals surface area contributed by atoms with Crippen molar-refractivity contribution in [2.45, 2.75) is 18.3 Å². The summed E-state index contributed by atoms with van der Waals surface area (Å²) in [7, 11) is 0. The van der Waals surface area contributed by atoms with Gasteiger partial charge in [0.15, 0.2) is 0 Å². The highest BCUT2D eigenvalue weighted by molar-refractivity contribution is 7.66. The Bertz CT molecular complexity index is 375. The van der Waals surface area contributed by atoms with Crippen LogP contribution in [0.2, 0.25) is 0 Å². The molecule has 0 aliphatic carbocycles. The highest BCUT2D eigenvalue weighted by atomic mass is 32.1. The molecule has 0 saturated carbocycles. The maximum atomic E-state index is 12.6. The molecule has 1 aromatic carbocycles. The standard InChI is InChI=1S/C9H7F4OS/c1-5-4-6(10)2-3-7(5)8(15-14)9(11,12)13/h2-4,8H,1H3/q+1. The lowest BCUT2D eigenvalue weighted by Crippen LogP contribution is -2.20. The van der Waals surface area contributed by atoms with Gasteiger partial charge in [-0.25, -0.2) is 4.39 Å². The Kier molecular flexibility index (Phi) is 3.38. The van der Waals surface area contributed by atoms with E-state index in [0.29, 0.717) is 0 Å². The number of aryl methyl sites for hydroxylation is 1. The number of hydrogen-bond donors (Lipinski definition) is 0. The Morgan fingerprint density at radius 1 is 1.33 bits per heavy atom. The summed E-state index contributed by atoms with van der Waals surface area (Å²) in [6.45, 7) is 1.34. The van der Waals surface area contributed by atoms with E-state index in [2.05, 4.69) is 0 Å². The van der Waals surface area contributed by atoms with Crippen molar-refractivity contribution in [3.8, 4) is 0 Å². The first-order valence-electron chi connectivity index (χ1n) is 3.97. The summed E-state index contributed by atoms with van der Waals surface area (Å²) >= 11 is -0.547. The predicted molar refractivity (Wildman–Crippen MR) is 48.0 cm³/mol. The van der Waals surface area contributed by atoms with Crippen molar-refractivity contribution >= 4 is 11.7 Å². The van der Waals surface area contributed by atoms with E-state index in [9.17, 15) is 21.8 Å². The van der Waals surface area contributed by atoms with Crippen molar-refractivity contribution < 1.29 is 21.8 Å². The van der Waals surface area contributed by atoms with Gasteiger partial charge in [0, 0.05) is 9.77 Å². The van der Waals surface area contributed by atoms with Gasteiger partial charge in [0.2, 0.25) is 0 Å². The second-order valence-electron chi connectivity index (χ2n) is 3.02. The van der Waals surface area contributed by atoms with Crippen molar-refractivity contribution in [3.63, 3.8) is 0 Å². The summed E-state index contributed by atoms with van der Waals surface area (Å²) in [4.78, 5) is 0. The molecule has 15 heavy (non-hydrogen) atoms. The molecule has 0 bridgehead atoms. The van der Waals surface area contributed by atoms with Crippen molar-refractivity contribution in [1.82, 2.24) is 0 Å². The van der Waals surface area contributed by atoms with E-state index in [0.717, 1.165) is 18.2 Å². The Labute approximate surface area is 87.6 Å². The average molecular weight is 239 g/mol. The number of benzene rings is 1. The lowest BCUT2D eigenvalue weighted by Gasteiger charge is -2.08. The van der Waals surface area contributed by atoms with E-state index in [-0.39, 0.29) is 11.1 Å². The lowest BCUT2D eigenvalue weighted by atomic mass is 10.1. The molecule has 1 aromatic rings. The molecule has 1 rings (SSSR count). The van der Waals surface area contributed by atoms with E-state index >= 15 is 0 Å². The van der Waals surface area contributed by atoms with Crippen LogP contribution in [0, 0.1) is 12.7 Å². The van der Waals surface area contributed by atoms with Crippen molar-refractivity contribution in [2.75, 3.05) is 0 Å². The van der Waals surface area contributed by atoms with Gasteiger partial charge in [-0.3, -0.25) is 0 Å². The second kappa shape index (κ2) is 4.22. The van der Waals surface area contributed by atoms with E-state index in [1.54, 1.807) is 0 Å². The molecule has 0 saturated heterocycles. The molecular formula is C9H7F4OS+. The number of alkyl halides is 3. The minimum Gasteiger partial charge on any atom is -0.207 e. The quantitative estimate of drug-likeness (QED) is 0.572. The molecular weight excluding hydrogens is 232 g/mol.